The van der Waals surface area contributed by atoms with Gasteiger partial charge >= 0.3 is 5.97 Å². The van der Waals surface area contributed by atoms with E-state index in [0.717, 1.165) is 12.8 Å². The summed E-state index contributed by atoms with van der Waals surface area (Å²) in [6.07, 6.45) is 7.65. The molecule has 1 aromatic carbocycles. The molecule has 0 saturated heterocycles. The van der Waals surface area contributed by atoms with Gasteiger partial charge in [0.25, 0.3) is 0 Å². The van der Waals surface area contributed by atoms with E-state index in [1.54, 1.807) is 12.2 Å². The van der Waals surface area contributed by atoms with Crippen LogP contribution in [0.5, 0.6) is 5.75 Å². The van der Waals surface area contributed by atoms with E-state index in [4.69, 9.17) is 9.47 Å². The number of benzene rings is 1. The maximum Gasteiger partial charge on any atom is 0.341 e. The van der Waals surface area contributed by atoms with E-state index in [0.29, 0.717) is 12.8 Å². The molecule has 7 nitrogen and oxygen atoms in total. The molecule has 0 amide bonds. The van der Waals surface area contributed by atoms with Crippen LogP contribution < -0.4 is 4.74 Å². The third-order valence-electron chi connectivity index (χ3n) is 5.00. The lowest BCUT2D eigenvalue weighted by molar-refractivity contribution is 0.0595. The molecule has 0 aromatic heterocycles. The Morgan fingerprint density at radius 1 is 1.24 bits per heavy atom. The minimum atomic E-state index is -3.99. The minimum absolute atomic E-state index is 0.0159. The quantitative estimate of drug-likeness (QED) is 0.474. The fourth-order valence-corrected chi connectivity index (χ4v) is 7.91. The fraction of sp³-hybridized carbons (Fsp3) is 0.450. The first-order chi connectivity index (χ1) is 13.7. The van der Waals surface area contributed by atoms with Crippen LogP contribution >= 0.6 is 0 Å². The molecule has 1 heterocycles. The van der Waals surface area contributed by atoms with Crippen LogP contribution in [0.3, 0.4) is 0 Å². The Kier molecular flexibility index (Phi) is 6.19. The van der Waals surface area contributed by atoms with Crippen molar-refractivity contribution in [2.24, 2.45) is 0 Å². The predicted octanol–water partition coefficient (Wildman–Crippen LogP) is 3.13. The van der Waals surface area contributed by atoms with Gasteiger partial charge in [-0.05, 0) is 37.5 Å². The van der Waals surface area contributed by atoms with Gasteiger partial charge in [-0.1, -0.05) is 25.5 Å². The van der Waals surface area contributed by atoms with Crippen molar-refractivity contribution in [1.82, 2.24) is 0 Å². The van der Waals surface area contributed by atoms with Crippen LogP contribution in [-0.2, 0) is 24.4 Å². The molecule has 1 aromatic rings. The van der Waals surface area contributed by atoms with E-state index >= 15 is 0 Å². The molecule has 0 fully saturated rings. The zero-order valence-electron chi connectivity index (χ0n) is 16.4. The summed E-state index contributed by atoms with van der Waals surface area (Å²) >= 11 is 0. The molecule has 1 aliphatic heterocycles. The van der Waals surface area contributed by atoms with Gasteiger partial charge in [-0.2, -0.15) is 0 Å². The number of esters is 1. The van der Waals surface area contributed by atoms with E-state index in [9.17, 15) is 21.6 Å². The van der Waals surface area contributed by atoms with Crippen molar-refractivity contribution < 1.29 is 31.1 Å². The molecular formula is C20H24O7S2. The van der Waals surface area contributed by atoms with Gasteiger partial charge in [-0.15, -0.1) is 0 Å². The van der Waals surface area contributed by atoms with E-state index in [1.165, 1.54) is 25.3 Å². The van der Waals surface area contributed by atoms with Gasteiger partial charge < -0.3 is 9.47 Å². The number of fused-ring (bicyclic) bond motifs is 1. The lowest BCUT2D eigenvalue weighted by atomic mass is 10.1. The zero-order chi connectivity index (χ0) is 21.2. The van der Waals surface area contributed by atoms with Crippen molar-refractivity contribution in [2.45, 2.75) is 42.8 Å². The highest BCUT2D eigenvalue weighted by atomic mass is 32.2. The molecule has 0 spiro atoms. The molecule has 9 heteroatoms. The summed E-state index contributed by atoms with van der Waals surface area (Å²) < 4.78 is 62.7. The van der Waals surface area contributed by atoms with Crippen LogP contribution in [0, 0.1) is 0 Å². The first kappa shape index (κ1) is 21.6. The smallest absolute Gasteiger partial charge is 0.341 e. The van der Waals surface area contributed by atoms with E-state index in [-0.39, 0.29) is 33.3 Å². The normalized spacial score (nSPS) is 20.1. The van der Waals surface area contributed by atoms with Crippen molar-refractivity contribution in [1.29, 1.82) is 0 Å². The lowest BCUT2D eigenvalue weighted by Crippen LogP contribution is -2.19. The molecule has 0 saturated carbocycles. The monoisotopic (exact) mass is 440 g/mol. The van der Waals surface area contributed by atoms with Gasteiger partial charge in [-0.3, -0.25) is 0 Å². The molecule has 29 heavy (non-hydrogen) atoms. The lowest BCUT2D eigenvalue weighted by Gasteiger charge is -2.19. The Morgan fingerprint density at radius 2 is 2.00 bits per heavy atom. The van der Waals surface area contributed by atoms with Crippen molar-refractivity contribution in [3.05, 3.63) is 46.4 Å². The van der Waals surface area contributed by atoms with Gasteiger partial charge in [0.05, 0.1) is 29.3 Å². The van der Waals surface area contributed by atoms with Gasteiger partial charge in [0.2, 0.25) is 0 Å². The molecule has 0 radical (unpaired) electrons. The summed E-state index contributed by atoms with van der Waals surface area (Å²) in [5, 5.41) is -1.34. The van der Waals surface area contributed by atoms with Crippen LogP contribution in [0.2, 0.25) is 0 Å². The Hall–Kier alpha value is -2.13. The first-order valence-corrected chi connectivity index (χ1v) is 12.6. The number of sulfone groups is 2. The number of rotatable bonds is 7. The summed E-state index contributed by atoms with van der Waals surface area (Å²) in [5.41, 5.74) is 0.0525. The second kappa shape index (κ2) is 8.31. The van der Waals surface area contributed by atoms with E-state index in [1.807, 2.05) is 6.92 Å². The van der Waals surface area contributed by atoms with Crippen molar-refractivity contribution >= 4 is 25.6 Å². The first-order valence-electron chi connectivity index (χ1n) is 9.45. The number of carbonyl (C=O) groups excluding carboxylic acids is 1. The van der Waals surface area contributed by atoms with Gasteiger partial charge in [0.15, 0.2) is 19.7 Å². The molecule has 2 aliphatic rings. The van der Waals surface area contributed by atoms with Gasteiger partial charge in [0, 0.05) is 5.56 Å². The largest absolute Gasteiger partial charge is 0.492 e. The number of allylic oxidation sites excluding steroid dienone is 3. The van der Waals surface area contributed by atoms with Crippen LogP contribution in [0.4, 0.5) is 0 Å². The number of hydrogen-bond acceptors (Lipinski definition) is 7. The van der Waals surface area contributed by atoms with Crippen molar-refractivity contribution in [3.63, 3.8) is 0 Å². The van der Waals surface area contributed by atoms with Crippen molar-refractivity contribution in [3.8, 4) is 5.75 Å². The highest BCUT2D eigenvalue weighted by Gasteiger charge is 2.46. The number of hydrogen-bond donors (Lipinski definition) is 0. The maximum atomic E-state index is 13.3. The number of carbonyl (C=O) groups is 1. The van der Waals surface area contributed by atoms with Crippen LogP contribution in [0.15, 0.2) is 40.2 Å². The molecule has 3 rings (SSSR count). The molecule has 0 N–H and O–H groups in total. The Bertz CT molecular complexity index is 1080. The summed E-state index contributed by atoms with van der Waals surface area (Å²) in [5.74, 6) is -1.31. The zero-order valence-corrected chi connectivity index (χ0v) is 18.0. The highest BCUT2D eigenvalue weighted by Crippen LogP contribution is 2.47. The van der Waals surface area contributed by atoms with Gasteiger partial charge in [0.1, 0.15) is 16.6 Å². The molecule has 1 atom stereocenters. The second-order valence-electron chi connectivity index (χ2n) is 6.95. The van der Waals surface area contributed by atoms with Crippen LogP contribution in [0.25, 0.3) is 0 Å². The number of ether oxygens (including phenoxy) is 2. The van der Waals surface area contributed by atoms with Crippen molar-refractivity contribution in [2.75, 3.05) is 19.5 Å². The number of methoxy groups -OCH3 is 1. The standard InChI is InChI=1S/C20H24O7S2/c1-3-4-12-27-19-15(20(21)26-2)10-11-16-18(19)17(13-28(16,22)23)29(24,25)14-8-6-5-7-9-14/h6,8-11,17H,3-5,7,12-13H2,1-2H3. The summed E-state index contributed by atoms with van der Waals surface area (Å²) in [7, 11) is -6.62. The second-order valence-corrected chi connectivity index (χ2v) is 11.1. The Morgan fingerprint density at radius 3 is 2.62 bits per heavy atom. The summed E-state index contributed by atoms with van der Waals surface area (Å²) in [4.78, 5) is 12.3. The van der Waals surface area contributed by atoms with Crippen LogP contribution in [0.1, 0.15) is 53.8 Å². The third kappa shape index (κ3) is 3.98. The highest BCUT2D eigenvalue weighted by molar-refractivity contribution is 7.98. The molecule has 1 unspecified atom stereocenters. The number of unbranched alkanes of at least 4 members (excludes halogenated alkanes) is 1. The maximum absolute atomic E-state index is 13.3. The summed E-state index contributed by atoms with van der Waals surface area (Å²) in [6.45, 7) is 2.19. The molecule has 158 valence electrons. The average molecular weight is 441 g/mol. The van der Waals surface area contributed by atoms with Gasteiger partial charge in [-0.25, -0.2) is 21.6 Å². The predicted molar refractivity (Wildman–Crippen MR) is 108 cm³/mol. The molecule has 1 aliphatic carbocycles. The Balaban J connectivity index is 2.22. The average Bonchev–Trinajstić information content (AvgIpc) is 3.00. The SMILES string of the molecule is CCCCOc1c(C(=O)OC)ccc2c1C(S(=O)(=O)C1=CCCC=C1)CS2(=O)=O. The fourth-order valence-electron chi connectivity index (χ4n) is 3.48. The van der Waals surface area contributed by atoms with Crippen LogP contribution in [-0.4, -0.2) is 42.3 Å². The Labute approximate surface area is 171 Å². The molecular weight excluding hydrogens is 416 g/mol. The van der Waals surface area contributed by atoms with E-state index < -0.39 is 36.6 Å². The third-order valence-corrected chi connectivity index (χ3v) is 9.12. The summed E-state index contributed by atoms with van der Waals surface area (Å²) in [6, 6.07) is 2.59. The van der Waals surface area contributed by atoms with E-state index in [2.05, 4.69) is 0 Å². The molecule has 0 bridgehead atoms. The topological polar surface area (TPSA) is 104 Å². The minimum Gasteiger partial charge on any atom is -0.492 e.